The molecule has 16 heavy (non-hydrogen) atoms. The predicted octanol–water partition coefficient (Wildman–Crippen LogP) is 1.57. The van der Waals surface area contributed by atoms with Crippen LogP contribution >= 0.6 is 23.2 Å². The highest BCUT2D eigenvalue weighted by atomic mass is 35.5. The second kappa shape index (κ2) is 5.58. The Bertz CT molecular complexity index is 403. The van der Waals surface area contributed by atoms with Crippen molar-refractivity contribution in [3.05, 3.63) is 28.2 Å². The van der Waals surface area contributed by atoms with Crippen LogP contribution in [0.5, 0.6) is 5.75 Å². The summed E-state index contributed by atoms with van der Waals surface area (Å²) in [6.07, 6.45) is 0. The van der Waals surface area contributed by atoms with Gasteiger partial charge in [0.2, 0.25) is 0 Å². The molecule has 0 saturated heterocycles. The standard InChI is InChI=1S/C9H8Cl2N2O3/c10-5-2-1-3-6(11)8(5)16-4-7(14)13-9(12)15/h1-3H,4H2,(H3,12,13,14,15). The maximum atomic E-state index is 11.0. The van der Waals surface area contributed by atoms with E-state index in [2.05, 4.69) is 0 Å². The Kier molecular flexibility index (Phi) is 4.39. The van der Waals surface area contributed by atoms with Gasteiger partial charge >= 0.3 is 6.03 Å². The van der Waals surface area contributed by atoms with E-state index >= 15 is 0 Å². The zero-order valence-corrected chi connectivity index (χ0v) is 9.51. The molecule has 86 valence electrons. The molecule has 0 heterocycles. The lowest BCUT2D eigenvalue weighted by Gasteiger charge is -2.08. The van der Waals surface area contributed by atoms with Crippen molar-refractivity contribution in [2.45, 2.75) is 0 Å². The van der Waals surface area contributed by atoms with Gasteiger partial charge in [-0.2, -0.15) is 0 Å². The van der Waals surface area contributed by atoms with Crippen molar-refractivity contribution < 1.29 is 14.3 Å². The maximum absolute atomic E-state index is 11.0. The van der Waals surface area contributed by atoms with Gasteiger partial charge in [-0.3, -0.25) is 10.1 Å². The van der Waals surface area contributed by atoms with E-state index in [0.717, 1.165) is 0 Å². The molecule has 0 aliphatic carbocycles. The van der Waals surface area contributed by atoms with Crippen molar-refractivity contribution in [1.82, 2.24) is 5.32 Å². The molecule has 0 spiro atoms. The van der Waals surface area contributed by atoms with Crippen LogP contribution in [-0.2, 0) is 4.79 Å². The summed E-state index contributed by atoms with van der Waals surface area (Å²) in [5.41, 5.74) is 4.74. The molecular weight excluding hydrogens is 255 g/mol. The van der Waals surface area contributed by atoms with Gasteiger partial charge in [-0.15, -0.1) is 0 Å². The number of urea groups is 1. The molecule has 7 heteroatoms. The molecule has 5 nitrogen and oxygen atoms in total. The van der Waals surface area contributed by atoms with E-state index in [4.69, 9.17) is 33.7 Å². The highest BCUT2D eigenvalue weighted by Crippen LogP contribution is 2.32. The van der Waals surface area contributed by atoms with E-state index in [9.17, 15) is 9.59 Å². The quantitative estimate of drug-likeness (QED) is 0.868. The van der Waals surface area contributed by atoms with Gasteiger partial charge in [0.15, 0.2) is 12.4 Å². The van der Waals surface area contributed by atoms with Crippen LogP contribution in [0.4, 0.5) is 4.79 Å². The molecule has 0 saturated carbocycles. The van der Waals surface area contributed by atoms with Crippen molar-refractivity contribution in [2.24, 2.45) is 5.73 Å². The van der Waals surface area contributed by atoms with Gasteiger partial charge in [0.05, 0.1) is 10.0 Å². The number of nitrogens with two attached hydrogens (primary N) is 1. The minimum Gasteiger partial charge on any atom is -0.481 e. The Balaban J connectivity index is 2.61. The van der Waals surface area contributed by atoms with Gasteiger partial charge in [0.1, 0.15) is 0 Å². The maximum Gasteiger partial charge on any atom is 0.318 e. The average Bonchev–Trinajstić information content (AvgIpc) is 2.15. The average molecular weight is 263 g/mol. The second-order valence-corrected chi connectivity index (χ2v) is 3.57. The first kappa shape index (κ1) is 12.6. The summed E-state index contributed by atoms with van der Waals surface area (Å²) >= 11 is 11.6. The third kappa shape index (κ3) is 3.60. The highest BCUT2D eigenvalue weighted by Gasteiger charge is 2.10. The summed E-state index contributed by atoms with van der Waals surface area (Å²) in [6, 6.07) is 3.82. The van der Waals surface area contributed by atoms with Crippen LogP contribution in [0.2, 0.25) is 10.0 Å². The fraction of sp³-hybridized carbons (Fsp3) is 0.111. The van der Waals surface area contributed by atoms with E-state index in [-0.39, 0.29) is 15.8 Å². The largest absolute Gasteiger partial charge is 0.481 e. The number of nitrogens with one attached hydrogen (secondary N) is 1. The second-order valence-electron chi connectivity index (χ2n) is 2.75. The molecule has 3 N–H and O–H groups in total. The van der Waals surface area contributed by atoms with E-state index in [1.807, 2.05) is 5.32 Å². The van der Waals surface area contributed by atoms with E-state index in [1.54, 1.807) is 18.2 Å². The van der Waals surface area contributed by atoms with Crippen molar-refractivity contribution in [2.75, 3.05) is 6.61 Å². The minimum atomic E-state index is -0.946. The normalized spacial score (nSPS) is 9.62. The van der Waals surface area contributed by atoms with Crippen molar-refractivity contribution in [1.29, 1.82) is 0 Å². The number of para-hydroxylation sites is 1. The molecule has 0 radical (unpaired) electrons. The number of rotatable bonds is 3. The number of hydrogen-bond donors (Lipinski definition) is 2. The Hall–Kier alpha value is -1.46. The Morgan fingerprint density at radius 2 is 1.88 bits per heavy atom. The molecule has 1 rings (SSSR count). The Morgan fingerprint density at radius 3 is 2.38 bits per heavy atom. The van der Waals surface area contributed by atoms with E-state index < -0.39 is 18.5 Å². The molecule has 3 amide bonds. The number of primary amides is 1. The Morgan fingerprint density at radius 1 is 1.31 bits per heavy atom. The molecule has 1 aromatic rings. The fourth-order valence-corrected chi connectivity index (χ4v) is 1.44. The summed E-state index contributed by atoms with van der Waals surface area (Å²) in [6.45, 7) is -0.396. The molecule has 0 atom stereocenters. The smallest absolute Gasteiger partial charge is 0.318 e. The lowest BCUT2D eigenvalue weighted by molar-refractivity contribution is -0.121. The van der Waals surface area contributed by atoms with Crippen molar-refractivity contribution >= 4 is 35.1 Å². The molecule has 0 aliphatic rings. The van der Waals surface area contributed by atoms with Crippen LogP contribution in [0.3, 0.4) is 0 Å². The van der Waals surface area contributed by atoms with Crippen LogP contribution < -0.4 is 15.8 Å². The van der Waals surface area contributed by atoms with Gasteiger partial charge in [-0.05, 0) is 12.1 Å². The first-order valence-electron chi connectivity index (χ1n) is 4.17. The van der Waals surface area contributed by atoms with Crippen LogP contribution in [0.1, 0.15) is 0 Å². The molecule has 0 unspecified atom stereocenters. The number of benzene rings is 1. The number of carbonyl (C=O) groups is 2. The molecule has 0 bridgehead atoms. The van der Waals surface area contributed by atoms with Crippen LogP contribution in [0.15, 0.2) is 18.2 Å². The Labute approximate surface area is 101 Å². The van der Waals surface area contributed by atoms with Gasteiger partial charge in [-0.1, -0.05) is 29.3 Å². The highest BCUT2D eigenvalue weighted by molar-refractivity contribution is 6.37. The van der Waals surface area contributed by atoms with E-state index in [0.29, 0.717) is 0 Å². The lowest BCUT2D eigenvalue weighted by atomic mass is 10.3. The van der Waals surface area contributed by atoms with Crippen LogP contribution in [0, 0.1) is 0 Å². The topological polar surface area (TPSA) is 81.4 Å². The molecular formula is C9H8Cl2N2O3. The summed E-state index contributed by atoms with van der Waals surface area (Å²) in [5, 5.41) is 2.40. The van der Waals surface area contributed by atoms with Crippen molar-refractivity contribution in [3.8, 4) is 5.75 Å². The number of halogens is 2. The number of imide groups is 1. The first-order valence-corrected chi connectivity index (χ1v) is 4.92. The fourth-order valence-electron chi connectivity index (χ4n) is 0.932. The lowest BCUT2D eigenvalue weighted by Crippen LogP contribution is -2.38. The van der Waals surface area contributed by atoms with Crippen molar-refractivity contribution in [3.63, 3.8) is 0 Å². The summed E-state index contributed by atoms with van der Waals surface area (Å²) < 4.78 is 5.05. The molecule has 0 aliphatic heterocycles. The number of ether oxygens (including phenoxy) is 1. The third-order valence-corrected chi connectivity index (χ3v) is 2.12. The van der Waals surface area contributed by atoms with Gasteiger partial charge in [0.25, 0.3) is 5.91 Å². The van der Waals surface area contributed by atoms with Gasteiger partial charge < -0.3 is 10.5 Å². The first-order chi connectivity index (χ1) is 7.50. The summed E-state index contributed by atoms with van der Waals surface area (Å²) in [5.74, 6) is -0.492. The molecule has 1 aromatic carbocycles. The van der Waals surface area contributed by atoms with Gasteiger partial charge in [0, 0.05) is 0 Å². The monoisotopic (exact) mass is 262 g/mol. The third-order valence-electron chi connectivity index (χ3n) is 1.53. The number of hydrogen-bond acceptors (Lipinski definition) is 3. The zero-order valence-electron chi connectivity index (χ0n) is 8.00. The van der Waals surface area contributed by atoms with Gasteiger partial charge in [-0.25, -0.2) is 4.79 Å². The van der Waals surface area contributed by atoms with Crippen LogP contribution in [0.25, 0.3) is 0 Å². The van der Waals surface area contributed by atoms with Crippen LogP contribution in [-0.4, -0.2) is 18.5 Å². The van der Waals surface area contributed by atoms with E-state index in [1.165, 1.54) is 0 Å². The predicted molar refractivity (Wildman–Crippen MR) is 59.7 cm³/mol. The minimum absolute atomic E-state index is 0.186. The molecule has 0 fully saturated rings. The number of carbonyl (C=O) groups excluding carboxylic acids is 2. The summed E-state index contributed by atoms with van der Waals surface area (Å²) in [7, 11) is 0. The SMILES string of the molecule is NC(=O)NC(=O)COc1c(Cl)cccc1Cl. The molecule has 0 aromatic heterocycles. The number of amides is 3. The summed E-state index contributed by atoms with van der Waals surface area (Å²) in [4.78, 5) is 21.4. The zero-order chi connectivity index (χ0) is 12.1.